The quantitative estimate of drug-likeness (QED) is 0.549. The largest absolute Gasteiger partial charge is 0.329 e. The highest BCUT2D eigenvalue weighted by Crippen LogP contribution is 2.06. The molecule has 3 heteroatoms. The van der Waals surface area contributed by atoms with Gasteiger partial charge in [-0.25, -0.2) is 0 Å². The molecule has 0 spiro atoms. The number of aromatic amines is 1. The maximum absolute atomic E-state index is 11.0. The van der Waals surface area contributed by atoms with Gasteiger partial charge in [-0.05, 0) is 25.0 Å². The summed E-state index contributed by atoms with van der Waals surface area (Å²) in [5.41, 5.74) is 3.02. The summed E-state index contributed by atoms with van der Waals surface area (Å²) in [6, 6.07) is 3.36. The molecule has 1 rings (SSSR count). The third kappa shape index (κ3) is 12.1. The minimum Gasteiger partial charge on any atom is -0.329 e. The maximum atomic E-state index is 11.0. The lowest BCUT2D eigenvalue weighted by Gasteiger charge is -2.02. The second kappa shape index (κ2) is 16.2. The van der Waals surface area contributed by atoms with Gasteiger partial charge in [0.15, 0.2) is 0 Å². The van der Waals surface area contributed by atoms with Crippen LogP contribution in [0.5, 0.6) is 0 Å². The number of aromatic nitrogens is 1. The lowest BCUT2D eigenvalue weighted by atomic mass is 10.1. The van der Waals surface area contributed by atoms with Gasteiger partial charge >= 0.3 is 0 Å². The van der Waals surface area contributed by atoms with Crippen molar-refractivity contribution in [2.75, 3.05) is 0 Å². The first-order valence-electron chi connectivity index (χ1n) is 8.35. The molecule has 0 atom stereocenters. The minimum atomic E-state index is -0.0814. The summed E-state index contributed by atoms with van der Waals surface area (Å²) in [4.78, 5) is 18.2. The van der Waals surface area contributed by atoms with Crippen LogP contribution in [0.3, 0.4) is 0 Å². The summed E-state index contributed by atoms with van der Waals surface area (Å²) in [5.74, 6) is 0. The highest BCUT2D eigenvalue weighted by atomic mass is 16.1. The van der Waals surface area contributed by atoms with Crippen molar-refractivity contribution in [3.05, 3.63) is 70.8 Å². The average molecular weight is 316 g/mol. The summed E-state index contributed by atoms with van der Waals surface area (Å²) >= 11 is 0. The molecular weight excluding hydrogens is 284 g/mol. The Morgan fingerprint density at radius 1 is 1.22 bits per heavy atom. The highest BCUT2D eigenvalue weighted by Gasteiger charge is 1.97. The molecule has 0 aliphatic rings. The van der Waals surface area contributed by atoms with Gasteiger partial charge in [0.2, 0.25) is 5.56 Å². The van der Waals surface area contributed by atoms with E-state index in [1.54, 1.807) is 12.3 Å². The van der Waals surface area contributed by atoms with Gasteiger partial charge in [-0.1, -0.05) is 65.5 Å². The Labute approximate surface area is 141 Å². The van der Waals surface area contributed by atoms with Crippen molar-refractivity contribution < 1.29 is 0 Å². The first kappa shape index (κ1) is 23.1. The van der Waals surface area contributed by atoms with Crippen LogP contribution in [-0.4, -0.2) is 10.7 Å². The third-order valence-corrected chi connectivity index (χ3v) is 2.54. The van der Waals surface area contributed by atoms with E-state index >= 15 is 0 Å². The van der Waals surface area contributed by atoms with Crippen molar-refractivity contribution >= 4 is 5.71 Å². The van der Waals surface area contributed by atoms with Gasteiger partial charge in [0.25, 0.3) is 0 Å². The summed E-state index contributed by atoms with van der Waals surface area (Å²) in [6.45, 7) is 15.7. The number of allylic oxidation sites excluding steroid dienone is 5. The van der Waals surface area contributed by atoms with Crippen LogP contribution in [0, 0.1) is 0 Å². The first-order valence-corrected chi connectivity index (χ1v) is 8.35. The van der Waals surface area contributed by atoms with E-state index in [1.807, 2.05) is 58.9 Å². The van der Waals surface area contributed by atoms with Crippen LogP contribution in [0.2, 0.25) is 0 Å². The molecule has 3 nitrogen and oxygen atoms in total. The molecule has 0 aliphatic heterocycles. The molecule has 128 valence electrons. The fourth-order valence-electron chi connectivity index (χ4n) is 1.61. The molecule has 1 aromatic heterocycles. The van der Waals surface area contributed by atoms with Gasteiger partial charge in [-0.3, -0.25) is 9.79 Å². The number of nitrogens with one attached hydrogen (secondary N) is 1. The lowest BCUT2D eigenvalue weighted by molar-refractivity contribution is 1.05. The standard InChI is InChI=1S/C16H20N2O.2C2H6/c1-4-6-7-8-15(5-2)18-13(3)11-14-9-10-16(19)17-12-14;2*1-2/h4,6-10,12H,1,5,11H2,2-3H3,(H,17,19);2*1-2H3/b7-6-,15-8+,18-13?;;. The van der Waals surface area contributed by atoms with Crippen molar-refractivity contribution in [3.63, 3.8) is 0 Å². The number of nitrogens with zero attached hydrogens (tertiary/aromatic N) is 1. The van der Waals surface area contributed by atoms with Crippen LogP contribution in [0.1, 0.15) is 53.5 Å². The molecule has 1 N–H and O–H groups in total. The summed E-state index contributed by atoms with van der Waals surface area (Å²) in [5, 5.41) is 0. The van der Waals surface area contributed by atoms with Gasteiger partial charge in [0.1, 0.15) is 0 Å². The van der Waals surface area contributed by atoms with Crippen molar-refractivity contribution in [3.8, 4) is 0 Å². The maximum Gasteiger partial charge on any atom is 0.247 e. The zero-order chi connectivity index (χ0) is 18.1. The van der Waals surface area contributed by atoms with Crippen molar-refractivity contribution in [2.45, 2.75) is 54.4 Å². The predicted octanol–water partition coefficient (Wildman–Crippen LogP) is 5.47. The topological polar surface area (TPSA) is 45.2 Å². The van der Waals surface area contributed by atoms with E-state index in [9.17, 15) is 4.79 Å². The number of H-pyrrole nitrogens is 1. The van der Waals surface area contributed by atoms with Crippen molar-refractivity contribution in [1.29, 1.82) is 0 Å². The van der Waals surface area contributed by atoms with Crippen molar-refractivity contribution in [1.82, 2.24) is 4.98 Å². The Kier molecular flexibility index (Phi) is 16.3. The minimum absolute atomic E-state index is 0.0814. The summed E-state index contributed by atoms with van der Waals surface area (Å²) in [6.07, 6.45) is 10.9. The molecule has 0 aliphatic carbocycles. The lowest BCUT2D eigenvalue weighted by Crippen LogP contribution is -2.05. The van der Waals surface area contributed by atoms with E-state index in [2.05, 4.69) is 23.5 Å². The molecule has 0 saturated carbocycles. The molecule has 0 fully saturated rings. The molecule has 0 unspecified atom stereocenters. The molecule has 0 aromatic carbocycles. The first-order chi connectivity index (χ1) is 11.2. The van der Waals surface area contributed by atoms with E-state index in [1.165, 1.54) is 6.07 Å². The van der Waals surface area contributed by atoms with Crippen LogP contribution in [0.15, 0.2) is 64.7 Å². The number of rotatable bonds is 6. The van der Waals surface area contributed by atoms with Crippen molar-refractivity contribution in [2.24, 2.45) is 4.99 Å². The Morgan fingerprint density at radius 2 is 1.87 bits per heavy atom. The zero-order valence-electron chi connectivity index (χ0n) is 15.5. The molecule has 0 radical (unpaired) electrons. The number of hydrogen-bond donors (Lipinski definition) is 1. The van der Waals surface area contributed by atoms with Crippen LogP contribution >= 0.6 is 0 Å². The molecule has 1 heterocycles. The SMILES string of the molecule is C=C/C=C\C=C(/CC)N=C(C)Cc1ccc(=O)[nH]c1.CC.CC. The monoisotopic (exact) mass is 316 g/mol. The average Bonchev–Trinajstić information content (AvgIpc) is 2.60. The Balaban J connectivity index is 0. The zero-order valence-corrected chi connectivity index (χ0v) is 15.5. The molecule has 0 bridgehead atoms. The molecular formula is C20H32N2O. The van der Waals surface area contributed by atoms with Crippen LogP contribution < -0.4 is 5.56 Å². The van der Waals surface area contributed by atoms with E-state index < -0.39 is 0 Å². The number of hydrogen-bond acceptors (Lipinski definition) is 2. The van der Waals surface area contributed by atoms with Gasteiger partial charge in [-0.2, -0.15) is 0 Å². The predicted molar refractivity (Wildman–Crippen MR) is 104 cm³/mol. The molecule has 1 aromatic rings. The second-order valence-corrected chi connectivity index (χ2v) is 4.22. The van der Waals surface area contributed by atoms with E-state index in [0.29, 0.717) is 0 Å². The Hall–Kier alpha value is -2.16. The summed E-state index contributed by atoms with van der Waals surface area (Å²) < 4.78 is 0. The summed E-state index contributed by atoms with van der Waals surface area (Å²) in [7, 11) is 0. The molecule has 23 heavy (non-hydrogen) atoms. The fourth-order valence-corrected chi connectivity index (χ4v) is 1.61. The molecule has 0 amide bonds. The normalized spacial score (nSPS) is 11.2. The Bertz CT molecular complexity index is 543. The second-order valence-electron chi connectivity index (χ2n) is 4.22. The van der Waals surface area contributed by atoms with Gasteiger partial charge < -0.3 is 4.98 Å². The van der Waals surface area contributed by atoms with E-state index in [0.717, 1.165) is 29.8 Å². The fraction of sp³-hybridized carbons (Fsp3) is 0.400. The van der Waals surface area contributed by atoms with E-state index in [4.69, 9.17) is 0 Å². The van der Waals surface area contributed by atoms with E-state index in [-0.39, 0.29) is 5.56 Å². The Morgan fingerprint density at radius 3 is 2.35 bits per heavy atom. The molecule has 0 saturated heterocycles. The smallest absolute Gasteiger partial charge is 0.247 e. The van der Waals surface area contributed by atoms with Gasteiger partial charge in [0, 0.05) is 30.1 Å². The third-order valence-electron chi connectivity index (χ3n) is 2.54. The highest BCUT2D eigenvalue weighted by molar-refractivity contribution is 5.85. The van der Waals surface area contributed by atoms with Crippen LogP contribution in [0.25, 0.3) is 0 Å². The van der Waals surface area contributed by atoms with Crippen LogP contribution in [0.4, 0.5) is 0 Å². The number of aliphatic imine (C=N–C) groups is 1. The van der Waals surface area contributed by atoms with Gasteiger partial charge in [-0.15, -0.1) is 0 Å². The number of pyridine rings is 1. The van der Waals surface area contributed by atoms with Crippen LogP contribution in [-0.2, 0) is 6.42 Å². The van der Waals surface area contributed by atoms with Gasteiger partial charge in [0.05, 0.1) is 0 Å².